The van der Waals surface area contributed by atoms with Crippen LogP contribution in [0, 0.1) is 5.41 Å². The van der Waals surface area contributed by atoms with E-state index in [9.17, 15) is 9.59 Å². The van der Waals surface area contributed by atoms with Gasteiger partial charge in [-0.15, -0.1) is 0 Å². The molecule has 0 bridgehead atoms. The first-order valence-electron chi connectivity index (χ1n) is 8.27. The molecule has 2 aromatic rings. The van der Waals surface area contributed by atoms with E-state index in [0.29, 0.717) is 18.1 Å². The Hall–Kier alpha value is -2.53. The van der Waals surface area contributed by atoms with Crippen molar-refractivity contribution < 1.29 is 14.3 Å². The second-order valence-corrected chi connectivity index (χ2v) is 6.90. The van der Waals surface area contributed by atoms with Gasteiger partial charge in [-0.25, -0.2) is 0 Å². The molecular weight excluding hydrogens is 352 g/mol. The molecule has 0 aliphatic carbocycles. The van der Waals surface area contributed by atoms with Crippen molar-refractivity contribution in [2.45, 2.75) is 26.9 Å². The lowest BCUT2D eigenvalue weighted by atomic mass is 9.91. The Morgan fingerprint density at radius 2 is 1.31 bits per heavy atom. The number of hydrogen-bond acceptors (Lipinski definition) is 3. The second-order valence-electron chi connectivity index (χ2n) is 6.46. The maximum Gasteiger partial charge on any atom is 0.235 e. The van der Waals surface area contributed by atoms with Crippen LogP contribution in [0.5, 0.6) is 5.75 Å². The summed E-state index contributed by atoms with van der Waals surface area (Å²) >= 11 is 5.84. The summed E-state index contributed by atoms with van der Waals surface area (Å²) in [4.78, 5) is 24.9. The van der Waals surface area contributed by atoms with Crippen molar-refractivity contribution in [3.05, 3.63) is 64.7 Å². The van der Waals surface area contributed by atoms with Crippen LogP contribution < -0.4 is 15.4 Å². The van der Waals surface area contributed by atoms with E-state index in [0.717, 1.165) is 16.9 Å². The first kappa shape index (κ1) is 19.8. The fourth-order valence-electron chi connectivity index (χ4n) is 2.26. The van der Waals surface area contributed by atoms with Gasteiger partial charge in [-0.3, -0.25) is 9.59 Å². The van der Waals surface area contributed by atoms with Crippen LogP contribution in [-0.2, 0) is 22.7 Å². The Morgan fingerprint density at radius 3 is 1.73 bits per heavy atom. The first-order valence-corrected chi connectivity index (χ1v) is 8.64. The molecule has 2 rings (SSSR count). The number of hydrogen-bond donors (Lipinski definition) is 2. The largest absolute Gasteiger partial charge is 0.497 e. The van der Waals surface area contributed by atoms with E-state index >= 15 is 0 Å². The highest BCUT2D eigenvalue weighted by atomic mass is 35.5. The van der Waals surface area contributed by atoms with Crippen LogP contribution in [0.1, 0.15) is 25.0 Å². The molecule has 0 saturated carbocycles. The summed E-state index contributed by atoms with van der Waals surface area (Å²) in [7, 11) is 1.60. The Kier molecular flexibility index (Phi) is 6.64. The van der Waals surface area contributed by atoms with E-state index in [1.54, 1.807) is 33.1 Å². The molecule has 0 atom stereocenters. The quantitative estimate of drug-likeness (QED) is 0.730. The van der Waals surface area contributed by atoms with Crippen molar-refractivity contribution in [1.29, 1.82) is 0 Å². The minimum Gasteiger partial charge on any atom is -0.497 e. The summed E-state index contributed by atoms with van der Waals surface area (Å²) in [6, 6.07) is 14.6. The molecule has 0 heterocycles. The number of nitrogens with one attached hydrogen (secondary N) is 2. The Balaban J connectivity index is 1.88. The number of rotatable bonds is 7. The molecule has 0 unspecified atom stereocenters. The maximum absolute atomic E-state index is 12.4. The fourth-order valence-corrected chi connectivity index (χ4v) is 2.38. The summed E-state index contributed by atoms with van der Waals surface area (Å²) in [6.45, 7) is 3.89. The van der Waals surface area contributed by atoms with E-state index in [1.165, 1.54) is 0 Å². The maximum atomic E-state index is 12.4. The molecule has 0 radical (unpaired) electrons. The number of amides is 2. The van der Waals surface area contributed by atoms with Crippen molar-refractivity contribution in [2.75, 3.05) is 7.11 Å². The average molecular weight is 375 g/mol. The van der Waals surface area contributed by atoms with Gasteiger partial charge < -0.3 is 15.4 Å². The van der Waals surface area contributed by atoms with Crippen LogP contribution in [0.3, 0.4) is 0 Å². The third-order valence-electron chi connectivity index (χ3n) is 4.11. The van der Waals surface area contributed by atoms with Crippen LogP contribution in [-0.4, -0.2) is 18.9 Å². The lowest BCUT2D eigenvalue weighted by Crippen LogP contribution is -2.47. The third-order valence-corrected chi connectivity index (χ3v) is 4.37. The normalized spacial score (nSPS) is 10.9. The molecule has 2 amide bonds. The molecule has 5 nitrogen and oxygen atoms in total. The highest BCUT2D eigenvalue weighted by Crippen LogP contribution is 2.17. The minimum atomic E-state index is -1.18. The summed E-state index contributed by atoms with van der Waals surface area (Å²) in [5.74, 6) is 0.0867. The van der Waals surface area contributed by atoms with Crippen LogP contribution >= 0.6 is 11.6 Å². The SMILES string of the molecule is COc1ccc(CNC(=O)C(C)(C)C(=O)NCc2ccc(Cl)cc2)cc1. The molecule has 2 aromatic carbocycles. The van der Waals surface area contributed by atoms with Crippen molar-refractivity contribution in [1.82, 2.24) is 10.6 Å². The molecule has 0 spiro atoms. The van der Waals surface area contributed by atoms with E-state index in [-0.39, 0.29) is 11.8 Å². The first-order chi connectivity index (χ1) is 12.3. The van der Waals surface area contributed by atoms with Crippen molar-refractivity contribution in [3.63, 3.8) is 0 Å². The van der Waals surface area contributed by atoms with Crippen LogP contribution in [0.15, 0.2) is 48.5 Å². The lowest BCUT2D eigenvalue weighted by Gasteiger charge is -2.23. The summed E-state index contributed by atoms with van der Waals surface area (Å²) in [6.07, 6.45) is 0. The van der Waals surface area contributed by atoms with Gasteiger partial charge in [0.1, 0.15) is 11.2 Å². The molecule has 26 heavy (non-hydrogen) atoms. The fraction of sp³-hybridized carbons (Fsp3) is 0.300. The van der Waals surface area contributed by atoms with Gasteiger partial charge in [0.15, 0.2) is 0 Å². The van der Waals surface area contributed by atoms with E-state index in [4.69, 9.17) is 16.3 Å². The molecule has 0 aliphatic rings. The summed E-state index contributed by atoms with van der Waals surface area (Å²) in [5.41, 5.74) is 0.660. The van der Waals surface area contributed by atoms with Gasteiger partial charge in [0.05, 0.1) is 7.11 Å². The minimum absolute atomic E-state index is 0.332. The summed E-state index contributed by atoms with van der Waals surface area (Å²) in [5, 5.41) is 6.24. The van der Waals surface area contributed by atoms with Gasteiger partial charge in [0.25, 0.3) is 0 Å². The monoisotopic (exact) mass is 374 g/mol. The van der Waals surface area contributed by atoms with E-state index in [2.05, 4.69) is 10.6 Å². The van der Waals surface area contributed by atoms with Gasteiger partial charge >= 0.3 is 0 Å². The molecule has 0 aliphatic heterocycles. The molecule has 0 aromatic heterocycles. The highest BCUT2D eigenvalue weighted by molar-refractivity contribution is 6.30. The van der Waals surface area contributed by atoms with Gasteiger partial charge in [-0.1, -0.05) is 35.9 Å². The Labute approximate surface area is 158 Å². The van der Waals surface area contributed by atoms with Crippen molar-refractivity contribution in [3.8, 4) is 5.75 Å². The Morgan fingerprint density at radius 1 is 0.885 bits per heavy atom. The van der Waals surface area contributed by atoms with E-state index in [1.807, 2.05) is 36.4 Å². The number of methoxy groups -OCH3 is 1. The number of ether oxygens (including phenoxy) is 1. The Bertz CT molecular complexity index is 756. The highest BCUT2D eigenvalue weighted by Gasteiger charge is 2.35. The number of benzene rings is 2. The number of carbonyl (C=O) groups excluding carboxylic acids is 2. The molecule has 0 saturated heterocycles. The zero-order chi connectivity index (χ0) is 19.2. The molecule has 138 valence electrons. The predicted octanol–water partition coefficient (Wildman–Crippen LogP) is 3.31. The predicted molar refractivity (Wildman–Crippen MR) is 102 cm³/mol. The van der Waals surface area contributed by atoms with Crippen LogP contribution in [0.25, 0.3) is 0 Å². The third kappa shape index (κ3) is 5.23. The zero-order valence-electron chi connectivity index (χ0n) is 15.1. The molecule has 2 N–H and O–H groups in total. The van der Waals surface area contributed by atoms with Gasteiger partial charge in [0.2, 0.25) is 11.8 Å². The lowest BCUT2D eigenvalue weighted by molar-refractivity contribution is -0.141. The van der Waals surface area contributed by atoms with Crippen molar-refractivity contribution in [2.24, 2.45) is 5.41 Å². The topological polar surface area (TPSA) is 67.4 Å². The standard InChI is InChI=1S/C20H23ClN2O3/c1-20(2,18(24)22-12-14-4-8-16(21)9-5-14)19(25)23-13-15-6-10-17(26-3)11-7-15/h4-11H,12-13H2,1-3H3,(H,22,24)(H,23,25). The van der Waals surface area contributed by atoms with Crippen LogP contribution in [0.4, 0.5) is 0 Å². The van der Waals surface area contributed by atoms with Gasteiger partial charge in [-0.05, 0) is 49.2 Å². The van der Waals surface area contributed by atoms with Crippen LogP contribution in [0.2, 0.25) is 5.02 Å². The average Bonchev–Trinajstić information content (AvgIpc) is 2.65. The van der Waals surface area contributed by atoms with E-state index < -0.39 is 5.41 Å². The summed E-state index contributed by atoms with van der Waals surface area (Å²) < 4.78 is 5.10. The van der Waals surface area contributed by atoms with Crippen molar-refractivity contribution >= 4 is 23.4 Å². The second kappa shape index (κ2) is 8.72. The number of halogens is 1. The molecule has 6 heteroatoms. The van der Waals surface area contributed by atoms with Gasteiger partial charge in [0, 0.05) is 18.1 Å². The molecular formula is C20H23ClN2O3. The molecule has 0 fully saturated rings. The van der Waals surface area contributed by atoms with Gasteiger partial charge in [-0.2, -0.15) is 0 Å². The zero-order valence-corrected chi connectivity index (χ0v) is 15.9. The smallest absolute Gasteiger partial charge is 0.235 e. The number of carbonyl (C=O) groups is 2.